The minimum Gasteiger partial charge on any atom is -0.481 e. The van der Waals surface area contributed by atoms with Crippen molar-refractivity contribution >= 4 is 11.8 Å². The molecular formula is C31H50O4. The first-order chi connectivity index (χ1) is 16.2. The number of unbranched alkanes of at least 4 members (excludes halogenated alkanes) is 1. The lowest BCUT2D eigenvalue weighted by Gasteiger charge is -2.61. The minimum atomic E-state index is -0.688. The summed E-state index contributed by atoms with van der Waals surface area (Å²) in [5.74, 6) is 0.856. The molecule has 2 saturated carbocycles. The summed E-state index contributed by atoms with van der Waals surface area (Å²) in [6.07, 6.45) is 10.6. The largest absolute Gasteiger partial charge is 0.481 e. The molecule has 0 aromatic carbocycles. The highest BCUT2D eigenvalue weighted by Crippen LogP contribution is 2.71. The van der Waals surface area contributed by atoms with Gasteiger partial charge in [-0.2, -0.15) is 0 Å². The van der Waals surface area contributed by atoms with E-state index in [4.69, 9.17) is 5.11 Å². The Balaban J connectivity index is 1.57. The standard InChI is InChI=1S/C31H50O4/c1-19(10-8-9-11-20(2)27(34)35)21-12-17-31(7)26-22(13-16-30(21,31)6)29(5)15-14-25(33)28(3,4)24(29)18-23(26)32/h19-21,24-25,33H,8-18H2,1-7H3,(H,34,35). The maximum atomic E-state index is 13.9. The lowest BCUT2D eigenvalue weighted by molar-refractivity contribution is -0.141. The molecule has 0 saturated heterocycles. The number of aliphatic carboxylic acids is 1. The van der Waals surface area contributed by atoms with Crippen molar-refractivity contribution in [1.29, 1.82) is 0 Å². The van der Waals surface area contributed by atoms with Crippen molar-refractivity contribution in [3.8, 4) is 0 Å². The van der Waals surface area contributed by atoms with Crippen LogP contribution in [-0.2, 0) is 9.59 Å². The normalized spacial score (nSPS) is 42.2. The molecule has 0 aromatic rings. The zero-order valence-corrected chi connectivity index (χ0v) is 23.4. The van der Waals surface area contributed by atoms with E-state index in [1.807, 2.05) is 6.92 Å². The highest BCUT2D eigenvalue weighted by molar-refractivity contribution is 5.99. The fourth-order valence-electron chi connectivity index (χ4n) is 9.55. The average molecular weight is 487 g/mol. The van der Waals surface area contributed by atoms with Crippen LogP contribution in [0.1, 0.15) is 119 Å². The van der Waals surface area contributed by atoms with E-state index in [2.05, 4.69) is 41.5 Å². The summed E-state index contributed by atoms with van der Waals surface area (Å²) < 4.78 is 0. The summed E-state index contributed by atoms with van der Waals surface area (Å²) in [4.78, 5) is 25.1. The number of aliphatic hydroxyl groups excluding tert-OH is 1. The van der Waals surface area contributed by atoms with Crippen molar-refractivity contribution in [3.05, 3.63) is 11.1 Å². The Morgan fingerprint density at radius 1 is 1.00 bits per heavy atom. The number of fused-ring (bicyclic) bond motifs is 4. The lowest BCUT2D eigenvalue weighted by Crippen LogP contribution is -2.57. The number of carbonyl (C=O) groups excluding carboxylic acids is 1. The molecule has 0 heterocycles. The Morgan fingerprint density at radius 2 is 1.66 bits per heavy atom. The quantitative estimate of drug-likeness (QED) is 0.373. The molecule has 4 nitrogen and oxygen atoms in total. The van der Waals surface area contributed by atoms with Crippen molar-refractivity contribution < 1.29 is 19.8 Å². The molecule has 35 heavy (non-hydrogen) atoms. The van der Waals surface area contributed by atoms with Gasteiger partial charge in [-0.3, -0.25) is 9.59 Å². The Labute approximate surface area is 213 Å². The Morgan fingerprint density at radius 3 is 2.31 bits per heavy atom. The molecule has 8 atom stereocenters. The van der Waals surface area contributed by atoms with E-state index in [0.717, 1.165) is 57.8 Å². The van der Waals surface area contributed by atoms with Crippen LogP contribution < -0.4 is 0 Å². The third-order valence-electron chi connectivity index (χ3n) is 12.3. The molecule has 4 rings (SSSR count). The van der Waals surface area contributed by atoms with Crippen LogP contribution in [0.25, 0.3) is 0 Å². The van der Waals surface area contributed by atoms with E-state index < -0.39 is 5.97 Å². The second kappa shape index (κ2) is 8.99. The number of carboxylic acids is 1. The van der Waals surface area contributed by atoms with E-state index in [1.54, 1.807) is 0 Å². The van der Waals surface area contributed by atoms with E-state index in [0.29, 0.717) is 24.0 Å². The highest BCUT2D eigenvalue weighted by Gasteiger charge is 2.65. The zero-order chi connectivity index (χ0) is 26.0. The monoisotopic (exact) mass is 486 g/mol. The SMILES string of the molecule is CC(CCCCC(C)C1CCC2(C)C3=C(CCC12C)C1(C)CCC(O)C(C)(C)C1CC3=O)C(=O)O. The van der Waals surface area contributed by atoms with Gasteiger partial charge >= 0.3 is 5.97 Å². The zero-order valence-electron chi connectivity index (χ0n) is 23.4. The summed E-state index contributed by atoms with van der Waals surface area (Å²) in [5, 5.41) is 20.0. The number of hydrogen-bond donors (Lipinski definition) is 2. The second-order valence-corrected chi connectivity index (χ2v) is 14.2. The van der Waals surface area contributed by atoms with E-state index >= 15 is 0 Å². The molecule has 8 unspecified atom stereocenters. The molecule has 198 valence electrons. The summed E-state index contributed by atoms with van der Waals surface area (Å²) in [6.45, 7) is 15.9. The number of carbonyl (C=O) groups is 2. The third-order valence-corrected chi connectivity index (χ3v) is 12.3. The molecule has 0 bridgehead atoms. The molecule has 0 radical (unpaired) electrons. The molecule has 0 amide bonds. The number of ketones is 1. The summed E-state index contributed by atoms with van der Waals surface area (Å²) in [7, 11) is 0. The molecular weight excluding hydrogens is 436 g/mol. The van der Waals surface area contributed by atoms with Gasteiger partial charge in [-0.15, -0.1) is 0 Å². The van der Waals surface area contributed by atoms with Crippen molar-refractivity contribution in [3.63, 3.8) is 0 Å². The van der Waals surface area contributed by atoms with Crippen LogP contribution in [0, 0.1) is 45.3 Å². The molecule has 0 aliphatic heterocycles. The molecule has 0 aromatic heterocycles. The topological polar surface area (TPSA) is 74.6 Å². The Hall–Kier alpha value is -1.16. The maximum absolute atomic E-state index is 13.9. The predicted molar refractivity (Wildman–Crippen MR) is 140 cm³/mol. The van der Waals surface area contributed by atoms with Crippen molar-refractivity contribution in [2.24, 2.45) is 45.3 Å². The first-order valence-electron chi connectivity index (χ1n) is 14.4. The van der Waals surface area contributed by atoms with Crippen molar-refractivity contribution in [1.82, 2.24) is 0 Å². The van der Waals surface area contributed by atoms with E-state index in [9.17, 15) is 14.7 Å². The summed E-state index contributed by atoms with van der Waals surface area (Å²) in [5.41, 5.74) is 2.54. The van der Waals surface area contributed by atoms with Gasteiger partial charge in [0.2, 0.25) is 0 Å². The van der Waals surface area contributed by atoms with Gasteiger partial charge in [0.25, 0.3) is 0 Å². The fourth-order valence-corrected chi connectivity index (χ4v) is 9.55. The van der Waals surface area contributed by atoms with Crippen molar-refractivity contribution in [2.75, 3.05) is 0 Å². The van der Waals surface area contributed by atoms with Crippen molar-refractivity contribution in [2.45, 2.75) is 125 Å². The number of carboxylic acid groups (broad SMARTS) is 1. The van der Waals surface area contributed by atoms with Crippen LogP contribution in [0.4, 0.5) is 0 Å². The van der Waals surface area contributed by atoms with Gasteiger partial charge in [0.15, 0.2) is 5.78 Å². The molecule has 4 aliphatic rings. The van der Waals surface area contributed by atoms with E-state index in [-0.39, 0.29) is 39.6 Å². The van der Waals surface area contributed by atoms with E-state index in [1.165, 1.54) is 17.6 Å². The smallest absolute Gasteiger partial charge is 0.306 e. The first kappa shape index (κ1) is 26.9. The number of hydrogen-bond acceptors (Lipinski definition) is 3. The number of Topliss-reactive ketones (excluding diaryl/α,β-unsaturated/α-hetero) is 1. The molecule has 2 N–H and O–H groups in total. The fraction of sp³-hybridized carbons (Fsp3) is 0.871. The van der Waals surface area contributed by atoms with Gasteiger partial charge in [-0.25, -0.2) is 0 Å². The van der Waals surface area contributed by atoms with Gasteiger partial charge in [-0.1, -0.05) is 73.3 Å². The first-order valence-corrected chi connectivity index (χ1v) is 14.4. The molecule has 4 heteroatoms. The molecule has 0 spiro atoms. The van der Waals surface area contributed by atoms with Crippen LogP contribution in [0.3, 0.4) is 0 Å². The van der Waals surface area contributed by atoms with Gasteiger partial charge < -0.3 is 10.2 Å². The van der Waals surface area contributed by atoms with Gasteiger partial charge in [-0.05, 0) is 78.9 Å². The van der Waals surface area contributed by atoms with Gasteiger partial charge in [0.05, 0.1) is 12.0 Å². The van der Waals surface area contributed by atoms with Gasteiger partial charge in [0.1, 0.15) is 0 Å². The average Bonchev–Trinajstić information content (AvgIpc) is 3.06. The van der Waals surface area contributed by atoms with Crippen LogP contribution in [-0.4, -0.2) is 28.1 Å². The van der Waals surface area contributed by atoms with Crippen LogP contribution in [0.15, 0.2) is 11.1 Å². The number of rotatable bonds is 7. The lowest BCUT2D eigenvalue weighted by atomic mass is 9.43. The summed E-state index contributed by atoms with van der Waals surface area (Å²) in [6, 6.07) is 0. The van der Waals surface area contributed by atoms with Crippen LogP contribution in [0.5, 0.6) is 0 Å². The predicted octanol–water partition coefficient (Wildman–Crippen LogP) is 7.19. The Kier molecular flexibility index (Phi) is 6.91. The molecule has 4 aliphatic carbocycles. The highest BCUT2D eigenvalue weighted by atomic mass is 16.4. The minimum absolute atomic E-state index is 0.0286. The third kappa shape index (κ3) is 3.96. The summed E-state index contributed by atoms with van der Waals surface area (Å²) >= 11 is 0. The second-order valence-electron chi connectivity index (χ2n) is 14.2. The number of allylic oxidation sites excluding steroid dienone is 2. The Bertz CT molecular complexity index is 902. The number of aliphatic hydroxyl groups is 1. The van der Waals surface area contributed by atoms with Crippen LogP contribution >= 0.6 is 0 Å². The van der Waals surface area contributed by atoms with Gasteiger partial charge in [0, 0.05) is 17.4 Å². The van der Waals surface area contributed by atoms with Crippen LogP contribution in [0.2, 0.25) is 0 Å². The maximum Gasteiger partial charge on any atom is 0.306 e. The molecule has 2 fully saturated rings.